The first-order valence-electron chi connectivity index (χ1n) is 7.92. The number of nitrogens with one attached hydrogen (secondary N) is 1. The van der Waals surface area contributed by atoms with Gasteiger partial charge in [-0.05, 0) is 44.3 Å². The number of likely N-dealkylation sites (tertiary alicyclic amines) is 1. The summed E-state index contributed by atoms with van der Waals surface area (Å²) >= 11 is 0. The minimum Gasteiger partial charge on any atom is -0.352 e. The molecule has 1 N–H and O–H groups in total. The minimum atomic E-state index is -0.874. The van der Waals surface area contributed by atoms with Gasteiger partial charge in [-0.25, -0.2) is 4.39 Å². The third kappa shape index (κ3) is 4.99. The van der Waals surface area contributed by atoms with Crippen molar-refractivity contribution in [2.75, 3.05) is 26.2 Å². The van der Waals surface area contributed by atoms with E-state index in [1.54, 1.807) is 0 Å². The average molecular weight is 323 g/mol. The molecule has 1 saturated heterocycles. The molecule has 0 spiro atoms. The Kier molecular flexibility index (Phi) is 6.04. The largest absolute Gasteiger partial charge is 0.352 e. The van der Waals surface area contributed by atoms with Crippen molar-refractivity contribution >= 4 is 11.6 Å². The molecule has 1 aliphatic heterocycles. The monoisotopic (exact) mass is 323 g/mol. The number of halogens is 1. The van der Waals surface area contributed by atoms with Crippen LogP contribution < -0.4 is 5.32 Å². The quantitative estimate of drug-likeness (QED) is 0.496. The number of nitro groups is 1. The van der Waals surface area contributed by atoms with Crippen LogP contribution in [0, 0.1) is 21.8 Å². The lowest BCUT2D eigenvalue weighted by Gasteiger charge is -2.30. The Morgan fingerprint density at radius 3 is 2.96 bits per heavy atom. The molecule has 1 fully saturated rings. The van der Waals surface area contributed by atoms with Crippen LogP contribution >= 0.6 is 0 Å². The summed E-state index contributed by atoms with van der Waals surface area (Å²) in [6.07, 6.45) is 3.28. The van der Waals surface area contributed by atoms with Crippen molar-refractivity contribution in [2.24, 2.45) is 5.92 Å². The van der Waals surface area contributed by atoms with Crippen molar-refractivity contribution in [2.45, 2.75) is 26.2 Å². The van der Waals surface area contributed by atoms with E-state index >= 15 is 0 Å². The zero-order valence-corrected chi connectivity index (χ0v) is 13.3. The Hall–Kier alpha value is -2.02. The summed E-state index contributed by atoms with van der Waals surface area (Å²) in [6, 6.07) is 3.05. The van der Waals surface area contributed by atoms with Gasteiger partial charge in [-0.15, -0.1) is 0 Å². The van der Waals surface area contributed by atoms with Crippen molar-refractivity contribution in [3.8, 4) is 0 Å². The van der Waals surface area contributed by atoms with Gasteiger partial charge < -0.3 is 10.2 Å². The Balaban J connectivity index is 1.77. The summed E-state index contributed by atoms with van der Waals surface area (Å²) in [6.45, 7) is 5.79. The average Bonchev–Trinajstić information content (AvgIpc) is 2.51. The Morgan fingerprint density at radius 2 is 2.30 bits per heavy atom. The van der Waals surface area contributed by atoms with Gasteiger partial charge in [0.2, 0.25) is 0 Å². The number of hydrogen-bond donors (Lipinski definition) is 1. The fourth-order valence-corrected chi connectivity index (χ4v) is 2.89. The van der Waals surface area contributed by atoms with E-state index < -0.39 is 16.6 Å². The third-order valence-corrected chi connectivity index (χ3v) is 4.09. The second-order valence-electron chi connectivity index (χ2n) is 6.08. The number of benzene rings is 1. The molecule has 23 heavy (non-hydrogen) atoms. The highest BCUT2D eigenvalue weighted by Crippen LogP contribution is 2.17. The van der Waals surface area contributed by atoms with Crippen molar-refractivity contribution in [3.63, 3.8) is 0 Å². The molecule has 0 bridgehead atoms. The number of hydrogen-bond acceptors (Lipinski definition) is 4. The van der Waals surface area contributed by atoms with Gasteiger partial charge in [-0.1, -0.05) is 6.92 Å². The van der Waals surface area contributed by atoms with Crippen LogP contribution in [-0.2, 0) is 0 Å². The molecule has 0 aliphatic carbocycles. The van der Waals surface area contributed by atoms with E-state index in [1.807, 2.05) is 0 Å². The molecular formula is C16H22FN3O3. The second kappa shape index (κ2) is 8.01. The Morgan fingerprint density at radius 1 is 1.52 bits per heavy atom. The maximum absolute atomic E-state index is 13.7. The number of carbonyl (C=O) groups is 1. The van der Waals surface area contributed by atoms with Crippen molar-refractivity contribution in [1.29, 1.82) is 0 Å². The first-order valence-corrected chi connectivity index (χ1v) is 7.92. The number of piperidine rings is 1. The molecule has 6 nitrogen and oxygen atoms in total. The van der Waals surface area contributed by atoms with E-state index in [0.29, 0.717) is 12.5 Å². The maximum atomic E-state index is 13.7. The molecule has 126 valence electrons. The van der Waals surface area contributed by atoms with E-state index in [-0.39, 0.29) is 11.3 Å². The van der Waals surface area contributed by atoms with Crippen LogP contribution in [0.3, 0.4) is 0 Å². The van der Waals surface area contributed by atoms with Crippen molar-refractivity contribution in [3.05, 3.63) is 39.7 Å². The van der Waals surface area contributed by atoms with E-state index in [1.165, 1.54) is 12.8 Å². The highest BCUT2D eigenvalue weighted by molar-refractivity contribution is 5.94. The van der Waals surface area contributed by atoms with Crippen LogP contribution in [0.2, 0.25) is 0 Å². The fourth-order valence-electron chi connectivity index (χ4n) is 2.89. The number of nitro benzene ring substituents is 1. The van der Waals surface area contributed by atoms with Gasteiger partial charge in [-0.2, -0.15) is 0 Å². The number of non-ortho nitro benzene ring substituents is 1. The summed E-state index contributed by atoms with van der Waals surface area (Å²) in [5, 5.41) is 13.2. The SMILES string of the molecule is CC1CCCN(CCCNC(=O)c2ccc([N+](=O)[O-])cc2F)C1. The highest BCUT2D eigenvalue weighted by atomic mass is 19.1. The van der Waals surface area contributed by atoms with Gasteiger partial charge in [0.15, 0.2) is 0 Å². The van der Waals surface area contributed by atoms with E-state index in [2.05, 4.69) is 17.1 Å². The molecule has 1 aromatic rings. The summed E-state index contributed by atoms with van der Waals surface area (Å²) < 4.78 is 13.7. The minimum absolute atomic E-state index is 0.165. The van der Waals surface area contributed by atoms with Crippen molar-refractivity contribution < 1.29 is 14.1 Å². The maximum Gasteiger partial charge on any atom is 0.272 e. The Labute approximate surface area is 134 Å². The summed E-state index contributed by atoms with van der Waals surface area (Å²) in [5.41, 5.74) is -0.527. The molecule has 1 amide bonds. The fraction of sp³-hybridized carbons (Fsp3) is 0.562. The van der Waals surface area contributed by atoms with Crippen LogP contribution in [0.25, 0.3) is 0 Å². The standard InChI is InChI=1S/C16H22FN3O3/c1-12-4-2-8-19(11-12)9-3-7-18-16(21)14-6-5-13(20(22)23)10-15(14)17/h5-6,10,12H,2-4,7-9,11H2,1H3,(H,18,21). The molecule has 0 saturated carbocycles. The van der Waals surface area contributed by atoms with E-state index in [4.69, 9.17) is 0 Å². The van der Waals surface area contributed by atoms with Crippen LogP contribution in [0.1, 0.15) is 36.5 Å². The lowest BCUT2D eigenvalue weighted by atomic mass is 10.0. The molecule has 1 heterocycles. The predicted octanol–water partition coefficient (Wildman–Crippen LogP) is 2.59. The van der Waals surface area contributed by atoms with Gasteiger partial charge in [0.1, 0.15) is 5.82 Å². The third-order valence-electron chi connectivity index (χ3n) is 4.09. The van der Waals surface area contributed by atoms with Gasteiger partial charge in [0.05, 0.1) is 16.6 Å². The van der Waals surface area contributed by atoms with Gasteiger partial charge in [0, 0.05) is 19.2 Å². The van der Waals surface area contributed by atoms with Gasteiger partial charge >= 0.3 is 0 Å². The number of amides is 1. The first kappa shape index (κ1) is 17.3. The smallest absolute Gasteiger partial charge is 0.272 e. The first-order chi connectivity index (χ1) is 11.0. The van der Waals surface area contributed by atoms with Crippen molar-refractivity contribution in [1.82, 2.24) is 10.2 Å². The van der Waals surface area contributed by atoms with Gasteiger partial charge in [-0.3, -0.25) is 14.9 Å². The zero-order valence-electron chi connectivity index (χ0n) is 13.3. The molecule has 1 atom stereocenters. The van der Waals surface area contributed by atoms with Crippen LogP contribution in [0.4, 0.5) is 10.1 Å². The zero-order chi connectivity index (χ0) is 16.8. The highest BCUT2D eigenvalue weighted by Gasteiger charge is 2.17. The molecule has 2 rings (SSSR count). The molecule has 1 aromatic carbocycles. The molecule has 0 radical (unpaired) electrons. The van der Waals surface area contributed by atoms with Crippen LogP contribution in [0.15, 0.2) is 18.2 Å². The Bertz CT molecular complexity index is 580. The van der Waals surface area contributed by atoms with Gasteiger partial charge in [0.25, 0.3) is 11.6 Å². The topological polar surface area (TPSA) is 75.5 Å². The van der Waals surface area contributed by atoms with Crippen LogP contribution in [-0.4, -0.2) is 41.9 Å². The molecular weight excluding hydrogens is 301 g/mol. The van der Waals surface area contributed by atoms with E-state index in [0.717, 1.165) is 44.3 Å². The molecule has 7 heteroatoms. The summed E-state index contributed by atoms with van der Waals surface area (Å²) in [5.74, 6) is -0.696. The molecule has 0 aromatic heterocycles. The predicted molar refractivity (Wildman–Crippen MR) is 84.8 cm³/mol. The van der Waals surface area contributed by atoms with Crippen LogP contribution in [0.5, 0.6) is 0 Å². The summed E-state index contributed by atoms with van der Waals surface area (Å²) in [7, 11) is 0. The molecule has 1 aliphatic rings. The number of nitrogens with zero attached hydrogens (tertiary/aromatic N) is 2. The number of carbonyl (C=O) groups excluding carboxylic acids is 1. The number of rotatable bonds is 6. The second-order valence-corrected chi connectivity index (χ2v) is 6.08. The lowest BCUT2D eigenvalue weighted by molar-refractivity contribution is -0.385. The lowest BCUT2D eigenvalue weighted by Crippen LogP contribution is -2.36. The van der Waals surface area contributed by atoms with E-state index in [9.17, 15) is 19.3 Å². The normalized spacial score (nSPS) is 18.6. The molecule has 1 unspecified atom stereocenters. The summed E-state index contributed by atoms with van der Waals surface area (Å²) in [4.78, 5) is 24.2.